The maximum atomic E-state index is 5.98. The minimum absolute atomic E-state index is 0.0623. The van der Waals surface area contributed by atoms with Crippen molar-refractivity contribution in [3.05, 3.63) is 54.1 Å². The van der Waals surface area contributed by atoms with E-state index >= 15 is 0 Å². The minimum atomic E-state index is -0.0623. The minimum Gasteiger partial charge on any atom is -0.497 e. The zero-order valence-electron chi connectivity index (χ0n) is 12.4. The van der Waals surface area contributed by atoms with Crippen LogP contribution in [0.1, 0.15) is 18.5 Å². The van der Waals surface area contributed by atoms with Crippen LogP contribution in [0.4, 0.5) is 0 Å². The number of hydrogen-bond donors (Lipinski definition) is 1. The molecule has 21 heavy (non-hydrogen) atoms. The molecule has 0 spiro atoms. The topological polar surface area (TPSA) is 44.5 Å². The summed E-state index contributed by atoms with van der Waals surface area (Å²) in [5, 5.41) is 0. The second kappa shape index (κ2) is 7.96. The predicted molar refractivity (Wildman–Crippen MR) is 88.3 cm³/mol. The molecule has 2 N–H and O–H groups in total. The van der Waals surface area contributed by atoms with Crippen molar-refractivity contribution in [1.29, 1.82) is 0 Å². The van der Waals surface area contributed by atoms with Gasteiger partial charge in [-0.2, -0.15) is 0 Å². The molecule has 0 amide bonds. The molecule has 0 saturated carbocycles. The van der Waals surface area contributed by atoms with Crippen LogP contribution in [-0.2, 0) is 0 Å². The number of thioether (sulfide) groups is 1. The quantitative estimate of drug-likeness (QED) is 0.622. The average Bonchev–Trinajstić information content (AvgIpc) is 2.52. The molecular formula is C17H21NO2S. The van der Waals surface area contributed by atoms with Crippen LogP contribution in [0.25, 0.3) is 0 Å². The van der Waals surface area contributed by atoms with Crippen molar-refractivity contribution in [2.45, 2.75) is 17.9 Å². The highest BCUT2D eigenvalue weighted by Crippen LogP contribution is 2.29. The molecule has 112 valence electrons. The standard InChI is InChI=1S/C17H21NO2S/c1-13(18)16-9-8-14(19-2)12-17(16)20-10-11-21-15-6-4-3-5-7-15/h3-9,12-13H,10-11,18H2,1-2H3/t13-/m1/s1. The molecule has 1 atom stereocenters. The lowest BCUT2D eigenvalue weighted by molar-refractivity contribution is 0.334. The zero-order chi connectivity index (χ0) is 15.1. The Morgan fingerprint density at radius 2 is 1.90 bits per heavy atom. The number of methoxy groups -OCH3 is 1. The van der Waals surface area contributed by atoms with Crippen molar-refractivity contribution in [3.8, 4) is 11.5 Å². The highest BCUT2D eigenvalue weighted by molar-refractivity contribution is 7.99. The molecule has 2 aromatic carbocycles. The fourth-order valence-electron chi connectivity index (χ4n) is 1.97. The summed E-state index contributed by atoms with van der Waals surface area (Å²) in [6.07, 6.45) is 0. The molecule has 0 aliphatic rings. The van der Waals surface area contributed by atoms with Gasteiger partial charge in [0.15, 0.2) is 0 Å². The molecule has 0 unspecified atom stereocenters. The van der Waals surface area contributed by atoms with E-state index in [-0.39, 0.29) is 6.04 Å². The largest absolute Gasteiger partial charge is 0.497 e. The van der Waals surface area contributed by atoms with E-state index in [0.717, 1.165) is 22.8 Å². The second-order valence-electron chi connectivity index (χ2n) is 4.70. The Morgan fingerprint density at radius 1 is 1.14 bits per heavy atom. The van der Waals surface area contributed by atoms with Gasteiger partial charge in [-0.15, -0.1) is 11.8 Å². The third-order valence-corrected chi connectivity index (χ3v) is 4.04. The van der Waals surface area contributed by atoms with Gasteiger partial charge in [0.1, 0.15) is 11.5 Å². The predicted octanol–water partition coefficient (Wildman–Crippen LogP) is 3.89. The first-order chi connectivity index (χ1) is 10.2. The molecule has 0 aliphatic carbocycles. The Balaban J connectivity index is 1.92. The lowest BCUT2D eigenvalue weighted by atomic mass is 10.1. The summed E-state index contributed by atoms with van der Waals surface area (Å²) < 4.78 is 11.1. The highest BCUT2D eigenvalue weighted by atomic mass is 32.2. The normalized spacial score (nSPS) is 12.0. The Labute approximate surface area is 130 Å². The maximum absolute atomic E-state index is 5.98. The van der Waals surface area contributed by atoms with Crippen molar-refractivity contribution in [3.63, 3.8) is 0 Å². The van der Waals surface area contributed by atoms with Gasteiger partial charge in [0.05, 0.1) is 13.7 Å². The smallest absolute Gasteiger partial charge is 0.127 e. The van der Waals surface area contributed by atoms with Crippen molar-refractivity contribution in [2.75, 3.05) is 19.5 Å². The van der Waals surface area contributed by atoms with E-state index in [1.165, 1.54) is 4.90 Å². The molecule has 0 aromatic heterocycles. The van der Waals surface area contributed by atoms with Gasteiger partial charge in [0.25, 0.3) is 0 Å². The van der Waals surface area contributed by atoms with Crippen molar-refractivity contribution in [2.24, 2.45) is 5.73 Å². The number of benzene rings is 2. The number of rotatable bonds is 7. The molecule has 0 fully saturated rings. The summed E-state index contributed by atoms with van der Waals surface area (Å²) in [7, 11) is 1.65. The van der Waals surface area contributed by atoms with Gasteiger partial charge in [0.2, 0.25) is 0 Å². The fraction of sp³-hybridized carbons (Fsp3) is 0.294. The molecule has 0 bridgehead atoms. The van der Waals surface area contributed by atoms with Gasteiger partial charge in [-0.3, -0.25) is 0 Å². The zero-order valence-corrected chi connectivity index (χ0v) is 13.2. The van der Waals surface area contributed by atoms with E-state index in [1.54, 1.807) is 18.9 Å². The van der Waals surface area contributed by atoms with Crippen LogP contribution < -0.4 is 15.2 Å². The summed E-state index contributed by atoms with van der Waals surface area (Å²) in [6.45, 7) is 2.58. The summed E-state index contributed by atoms with van der Waals surface area (Å²) in [4.78, 5) is 1.25. The van der Waals surface area contributed by atoms with E-state index in [0.29, 0.717) is 6.61 Å². The molecule has 2 aromatic rings. The van der Waals surface area contributed by atoms with E-state index in [2.05, 4.69) is 12.1 Å². The van der Waals surface area contributed by atoms with Gasteiger partial charge in [0, 0.05) is 28.3 Å². The van der Waals surface area contributed by atoms with Crippen molar-refractivity contribution in [1.82, 2.24) is 0 Å². The molecular weight excluding hydrogens is 282 g/mol. The average molecular weight is 303 g/mol. The van der Waals surface area contributed by atoms with Gasteiger partial charge >= 0.3 is 0 Å². The summed E-state index contributed by atoms with van der Waals surface area (Å²) >= 11 is 1.78. The SMILES string of the molecule is COc1ccc([C@@H](C)N)c(OCCSc2ccccc2)c1. The lowest BCUT2D eigenvalue weighted by Crippen LogP contribution is -2.09. The van der Waals surface area contributed by atoms with Crippen LogP contribution >= 0.6 is 11.8 Å². The van der Waals surface area contributed by atoms with Crippen LogP contribution in [0.15, 0.2) is 53.4 Å². The Bertz CT molecular complexity index is 558. The Morgan fingerprint density at radius 3 is 2.57 bits per heavy atom. The molecule has 0 aliphatic heterocycles. The summed E-state index contributed by atoms with van der Waals surface area (Å²) in [6, 6.07) is 16.0. The van der Waals surface area contributed by atoms with Gasteiger partial charge in [-0.25, -0.2) is 0 Å². The van der Waals surface area contributed by atoms with Crippen LogP contribution in [0.3, 0.4) is 0 Å². The fourth-order valence-corrected chi connectivity index (χ4v) is 2.72. The molecule has 0 radical (unpaired) electrons. The first-order valence-electron chi connectivity index (χ1n) is 6.95. The van der Waals surface area contributed by atoms with Gasteiger partial charge in [-0.1, -0.05) is 24.3 Å². The number of nitrogens with two attached hydrogens (primary N) is 1. The first kappa shape index (κ1) is 15.7. The maximum Gasteiger partial charge on any atom is 0.127 e. The van der Waals surface area contributed by atoms with Gasteiger partial charge < -0.3 is 15.2 Å². The summed E-state index contributed by atoms with van der Waals surface area (Å²) in [5.74, 6) is 2.47. The molecule has 0 saturated heterocycles. The van der Waals surface area contributed by atoms with Gasteiger partial charge in [-0.05, 0) is 25.1 Å². The van der Waals surface area contributed by atoms with Crippen LogP contribution in [0.2, 0.25) is 0 Å². The van der Waals surface area contributed by atoms with Crippen LogP contribution in [0.5, 0.6) is 11.5 Å². The van der Waals surface area contributed by atoms with Crippen molar-refractivity contribution >= 4 is 11.8 Å². The second-order valence-corrected chi connectivity index (χ2v) is 5.87. The number of ether oxygens (including phenoxy) is 2. The van der Waals surface area contributed by atoms with Crippen LogP contribution in [0, 0.1) is 0 Å². The Kier molecular flexibility index (Phi) is 5.96. The molecule has 4 heteroatoms. The van der Waals surface area contributed by atoms with Crippen LogP contribution in [-0.4, -0.2) is 19.5 Å². The van der Waals surface area contributed by atoms with E-state index in [1.807, 2.05) is 43.3 Å². The molecule has 3 nitrogen and oxygen atoms in total. The van der Waals surface area contributed by atoms with E-state index < -0.39 is 0 Å². The monoisotopic (exact) mass is 303 g/mol. The van der Waals surface area contributed by atoms with E-state index in [4.69, 9.17) is 15.2 Å². The summed E-state index contributed by atoms with van der Waals surface area (Å²) in [5.41, 5.74) is 6.98. The first-order valence-corrected chi connectivity index (χ1v) is 7.93. The molecule has 2 rings (SSSR count). The molecule has 0 heterocycles. The third kappa shape index (κ3) is 4.69. The Hall–Kier alpha value is -1.65. The highest BCUT2D eigenvalue weighted by Gasteiger charge is 2.09. The third-order valence-electron chi connectivity index (χ3n) is 3.06. The van der Waals surface area contributed by atoms with E-state index in [9.17, 15) is 0 Å². The lowest BCUT2D eigenvalue weighted by Gasteiger charge is -2.15. The number of hydrogen-bond acceptors (Lipinski definition) is 4. The van der Waals surface area contributed by atoms with Crippen molar-refractivity contribution < 1.29 is 9.47 Å².